The summed E-state index contributed by atoms with van der Waals surface area (Å²) in [5.74, 6) is 0.153. The molecule has 0 saturated carbocycles. The van der Waals surface area contributed by atoms with Gasteiger partial charge in [-0.1, -0.05) is 117 Å². The number of phosphoric acid groups is 1. The van der Waals surface area contributed by atoms with Gasteiger partial charge in [0.15, 0.2) is 6.10 Å². The van der Waals surface area contributed by atoms with E-state index in [2.05, 4.69) is 6.92 Å². The molecule has 0 rings (SSSR count). The van der Waals surface area contributed by atoms with Gasteiger partial charge in [0.05, 0.1) is 41.0 Å². The predicted molar refractivity (Wildman–Crippen MR) is 164 cm³/mol. The Balaban J connectivity index is 4.03. The largest absolute Gasteiger partial charge is 0.756 e. The van der Waals surface area contributed by atoms with Gasteiger partial charge in [0.25, 0.3) is 7.82 Å². The fraction of sp³-hybridized carbons (Fsp3) is 0.968. The van der Waals surface area contributed by atoms with E-state index < -0.39 is 20.1 Å². The van der Waals surface area contributed by atoms with Crippen molar-refractivity contribution in [1.82, 2.24) is 0 Å². The van der Waals surface area contributed by atoms with Crippen LogP contribution in [0.25, 0.3) is 0 Å². The molecule has 0 aromatic carbocycles. The molecule has 0 aliphatic carbocycles. The van der Waals surface area contributed by atoms with E-state index >= 15 is 0 Å². The van der Waals surface area contributed by atoms with Crippen LogP contribution in [0.15, 0.2) is 0 Å². The maximum absolute atomic E-state index is 12.1. The van der Waals surface area contributed by atoms with Gasteiger partial charge in [0.1, 0.15) is 13.2 Å². The first-order chi connectivity index (χ1) is 19.4. The predicted octanol–water partition coefficient (Wildman–Crippen LogP) is 7.65. The molecule has 246 valence electrons. The Bertz CT molecular complexity index is 657. The first-order valence-corrected chi connectivity index (χ1v) is 17.7. The summed E-state index contributed by atoms with van der Waals surface area (Å²) in [6.07, 6.45) is 19.0. The van der Waals surface area contributed by atoms with Crippen molar-refractivity contribution in [3.63, 3.8) is 0 Å². The second-order valence-electron chi connectivity index (χ2n) is 12.7. The number of carbonyl (C=O) groups excluding carboxylic acids is 1. The summed E-state index contributed by atoms with van der Waals surface area (Å²) < 4.78 is 38.6. The van der Waals surface area contributed by atoms with Gasteiger partial charge in [-0.3, -0.25) is 4.57 Å². The van der Waals surface area contributed by atoms with E-state index in [0.29, 0.717) is 17.6 Å². The van der Waals surface area contributed by atoms with Crippen LogP contribution in [-0.4, -0.2) is 77.5 Å². The number of carbonyl (C=O) groups is 1. The van der Waals surface area contributed by atoms with Gasteiger partial charge in [-0.05, 0) is 12.3 Å². The lowest BCUT2D eigenvalue weighted by molar-refractivity contribution is -0.870. The molecule has 10 heteroatoms. The Morgan fingerprint density at radius 1 is 0.707 bits per heavy atom. The zero-order valence-electron chi connectivity index (χ0n) is 27.4. The molecule has 0 aromatic heterocycles. The highest BCUT2D eigenvalue weighted by Crippen LogP contribution is 2.38. The van der Waals surface area contributed by atoms with Crippen molar-refractivity contribution >= 4 is 14.0 Å². The number of phosphoric ester groups is 1. The molecule has 2 atom stereocenters. The smallest absolute Gasteiger partial charge is 0.508 e. The highest BCUT2D eigenvalue weighted by molar-refractivity contribution is 7.45. The molecule has 0 saturated heterocycles. The zero-order valence-corrected chi connectivity index (χ0v) is 28.3. The van der Waals surface area contributed by atoms with Gasteiger partial charge in [0.2, 0.25) is 0 Å². The summed E-state index contributed by atoms with van der Waals surface area (Å²) in [6, 6.07) is 0. The summed E-state index contributed by atoms with van der Waals surface area (Å²) in [6.45, 7) is 6.95. The van der Waals surface area contributed by atoms with Crippen molar-refractivity contribution in [3.05, 3.63) is 0 Å². The van der Waals surface area contributed by atoms with Crippen LogP contribution in [0.5, 0.6) is 0 Å². The average molecular weight is 610 g/mol. The summed E-state index contributed by atoms with van der Waals surface area (Å²) in [7, 11) is 1.27. The molecule has 2 unspecified atom stereocenters. The van der Waals surface area contributed by atoms with E-state index in [1.807, 2.05) is 35.0 Å². The van der Waals surface area contributed by atoms with Gasteiger partial charge < -0.3 is 32.6 Å². The molecule has 0 amide bonds. The molecule has 0 aliphatic heterocycles. The fourth-order valence-corrected chi connectivity index (χ4v) is 4.85. The normalized spacial score (nSPS) is 14.2. The average Bonchev–Trinajstić information content (AvgIpc) is 2.88. The number of quaternary nitrogens is 1. The lowest BCUT2D eigenvalue weighted by atomic mass is 10.0. The highest BCUT2D eigenvalue weighted by atomic mass is 31.2. The second kappa shape index (κ2) is 25.8. The fourth-order valence-electron chi connectivity index (χ4n) is 4.13. The monoisotopic (exact) mass is 609 g/mol. The Morgan fingerprint density at radius 2 is 1.20 bits per heavy atom. The SMILES string of the molecule is CCCCCCCCCCCCCCCCCCOCC(COP(=O)([O-])OCC[N+](C)(C)C)OC(=O)OCC(C)C. The molecule has 0 fully saturated rings. The molecule has 0 bridgehead atoms. The third kappa shape index (κ3) is 30.6. The lowest BCUT2D eigenvalue weighted by Gasteiger charge is -2.28. The van der Waals surface area contributed by atoms with E-state index in [9.17, 15) is 14.3 Å². The molecule has 0 aliphatic rings. The highest BCUT2D eigenvalue weighted by Gasteiger charge is 2.21. The van der Waals surface area contributed by atoms with Crippen LogP contribution in [0.2, 0.25) is 0 Å². The van der Waals surface area contributed by atoms with Crippen LogP contribution in [0, 0.1) is 5.92 Å². The molecular formula is C31H64NO8P. The van der Waals surface area contributed by atoms with Gasteiger partial charge in [-0.2, -0.15) is 0 Å². The standard InChI is InChI=1S/C31H64NO8P/c1-7-8-9-10-11-12-13-14-15-16-17-18-19-20-21-22-24-36-27-30(40-31(33)37-26-29(2)3)28-39-41(34,35)38-25-23-32(4,5)6/h29-30H,7-28H2,1-6H3. The minimum atomic E-state index is -4.53. The van der Waals surface area contributed by atoms with E-state index in [-0.39, 0.29) is 32.3 Å². The summed E-state index contributed by atoms with van der Waals surface area (Å²) in [5, 5.41) is 0. The molecule has 0 aromatic rings. The number of rotatable bonds is 29. The van der Waals surface area contributed by atoms with E-state index in [1.165, 1.54) is 89.9 Å². The number of unbranched alkanes of at least 4 members (excludes halogenated alkanes) is 15. The quantitative estimate of drug-likeness (QED) is 0.0369. The maximum atomic E-state index is 12.1. The second-order valence-corrected chi connectivity index (χ2v) is 14.1. The van der Waals surface area contributed by atoms with E-state index in [4.69, 9.17) is 23.3 Å². The van der Waals surface area contributed by atoms with Crippen molar-refractivity contribution in [2.75, 3.05) is 60.7 Å². The molecular weight excluding hydrogens is 545 g/mol. The van der Waals surface area contributed by atoms with Crippen molar-refractivity contribution in [1.29, 1.82) is 0 Å². The number of hydrogen-bond donors (Lipinski definition) is 0. The number of hydrogen-bond acceptors (Lipinski definition) is 8. The number of nitrogens with zero attached hydrogens (tertiary/aromatic N) is 1. The van der Waals surface area contributed by atoms with Crippen LogP contribution >= 0.6 is 7.82 Å². The van der Waals surface area contributed by atoms with E-state index in [0.717, 1.165) is 12.8 Å². The van der Waals surface area contributed by atoms with Crippen LogP contribution in [0.4, 0.5) is 4.79 Å². The number of likely N-dealkylation sites (N-methyl/N-ethyl adjacent to an activating group) is 1. The molecule has 0 spiro atoms. The minimum absolute atomic E-state index is 0.00197. The zero-order chi connectivity index (χ0) is 30.8. The van der Waals surface area contributed by atoms with E-state index in [1.54, 1.807) is 0 Å². The first-order valence-electron chi connectivity index (χ1n) is 16.3. The third-order valence-electron chi connectivity index (χ3n) is 6.67. The molecule has 0 heterocycles. The summed E-state index contributed by atoms with van der Waals surface area (Å²) >= 11 is 0. The Labute approximate surface area is 252 Å². The minimum Gasteiger partial charge on any atom is -0.756 e. The summed E-state index contributed by atoms with van der Waals surface area (Å²) in [5.41, 5.74) is 0. The van der Waals surface area contributed by atoms with Crippen molar-refractivity contribution < 1.29 is 42.0 Å². The maximum Gasteiger partial charge on any atom is 0.508 e. The Hall–Kier alpha value is -0.700. The Morgan fingerprint density at radius 3 is 1.66 bits per heavy atom. The van der Waals surface area contributed by atoms with Gasteiger partial charge in [0, 0.05) is 6.61 Å². The Kier molecular flexibility index (Phi) is 25.3. The van der Waals surface area contributed by atoms with Gasteiger partial charge >= 0.3 is 6.16 Å². The van der Waals surface area contributed by atoms with Crippen molar-refractivity contribution in [3.8, 4) is 0 Å². The van der Waals surface area contributed by atoms with Crippen LogP contribution < -0.4 is 4.89 Å². The van der Waals surface area contributed by atoms with Crippen LogP contribution in [0.1, 0.15) is 124 Å². The van der Waals surface area contributed by atoms with Crippen LogP contribution in [-0.2, 0) is 27.8 Å². The summed E-state index contributed by atoms with van der Waals surface area (Å²) in [4.78, 5) is 24.1. The first kappa shape index (κ1) is 40.3. The third-order valence-corrected chi connectivity index (χ3v) is 7.64. The molecule has 0 radical (unpaired) electrons. The molecule has 41 heavy (non-hydrogen) atoms. The molecule has 0 N–H and O–H groups in total. The lowest BCUT2D eigenvalue weighted by Crippen LogP contribution is -2.37. The molecule has 9 nitrogen and oxygen atoms in total. The van der Waals surface area contributed by atoms with Gasteiger partial charge in [-0.15, -0.1) is 0 Å². The van der Waals surface area contributed by atoms with Crippen LogP contribution in [0.3, 0.4) is 0 Å². The van der Waals surface area contributed by atoms with Gasteiger partial charge in [-0.25, -0.2) is 4.79 Å². The van der Waals surface area contributed by atoms with Crippen molar-refractivity contribution in [2.45, 2.75) is 130 Å². The number of ether oxygens (including phenoxy) is 3. The topological polar surface area (TPSA) is 103 Å². The van der Waals surface area contributed by atoms with Crippen molar-refractivity contribution in [2.24, 2.45) is 5.92 Å².